The molecule has 0 saturated heterocycles. The highest BCUT2D eigenvalue weighted by Crippen LogP contribution is 2.64. The zero-order chi connectivity index (χ0) is 15.7. The summed E-state index contributed by atoms with van der Waals surface area (Å²) in [6.07, 6.45) is 9.53. The summed E-state index contributed by atoms with van der Waals surface area (Å²) in [6.45, 7) is 4.43. The maximum atomic E-state index is 11.7. The highest BCUT2D eigenvalue weighted by atomic mass is 16.3. The summed E-state index contributed by atoms with van der Waals surface area (Å²) in [5.41, 5.74) is 0.751. The molecular weight excluding hydrogens is 276 g/mol. The van der Waals surface area contributed by atoms with Crippen LogP contribution in [-0.4, -0.2) is 28.2 Å². The molecule has 0 unspecified atom stereocenters. The van der Waals surface area contributed by atoms with Crippen molar-refractivity contribution in [2.24, 2.45) is 28.6 Å². The zero-order valence-corrected chi connectivity index (χ0v) is 13.5. The van der Waals surface area contributed by atoms with E-state index >= 15 is 0 Å². The fourth-order valence-corrected chi connectivity index (χ4v) is 6.22. The van der Waals surface area contributed by atoms with Gasteiger partial charge in [0.25, 0.3) is 0 Å². The minimum absolute atomic E-state index is 0.00177. The Hall–Kier alpha value is -0.930. The SMILES string of the molecule is C[C@]12CC[C@@H]3[C@@H](C[C@@H](O)C4=CC(=O)C=C[C@@]43C)[C@@H]1CC[C@@H]2O. The van der Waals surface area contributed by atoms with Crippen LogP contribution in [0.3, 0.4) is 0 Å². The first-order chi connectivity index (χ1) is 10.4. The number of aliphatic hydroxyl groups is 2. The first-order valence-electron chi connectivity index (χ1n) is 8.67. The first kappa shape index (κ1) is 14.6. The summed E-state index contributed by atoms with van der Waals surface area (Å²) in [4.78, 5) is 11.7. The van der Waals surface area contributed by atoms with Crippen LogP contribution in [0.15, 0.2) is 23.8 Å². The zero-order valence-electron chi connectivity index (χ0n) is 13.5. The third-order valence-corrected chi connectivity index (χ3v) is 7.53. The molecular formula is C19H26O3. The molecule has 0 heterocycles. The maximum Gasteiger partial charge on any atom is 0.178 e. The number of carbonyl (C=O) groups excluding carboxylic acids is 1. The van der Waals surface area contributed by atoms with Crippen molar-refractivity contribution in [3.63, 3.8) is 0 Å². The lowest BCUT2D eigenvalue weighted by atomic mass is 9.48. The number of hydrogen-bond donors (Lipinski definition) is 2. The van der Waals surface area contributed by atoms with E-state index in [2.05, 4.69) is 13.8 Å². The number of rotatable bonds is 0. The third-order valence-electron chi connectivity index (χ3n) is 7.53. The Bertz CT molecular complexity index is 577. The lowest BCUT2D eigenvalue weighted by molar-refractivity contribution is -0.111. The summed E-state index contributed by atoms with van der Waals surface area (Å²) in [7, 11) is 0. The van der Waals surface area contributed by atoms with Gasteiger partial charge in [-0.3, -0.25) is 4.79 Å². The van der Waals surface area contributed by atoms with Gasteiger partial charge in [0.05, 0.1) is 12.2 Å². The highest BCUT2D eigenvalue weighted by molar-refractivity contribution is 6.01. The van der Waals surface area contributed by atoms with Crippen LogP contribution >= 0.6 is 0 Å². The Labute approximate surface area is 132 Å². The molecule has 4 aliphatic carbocycles. The first-order valence-corrected chi connectivity index (χ1v) is 8.67. The van der Waals surface area contributed by atoms with E-state index in [9.17, 15) is 15.0 Å². The molecule has 4 rings (SSSR count). The molecule has 3 nitrogen and oxygen atoms in total. The average molecular weight is 302 g/mol. The summed E-state index contributed by atoms with van der Waals surface area (Å²) in [5, 5.41) is 21.1. The van der Waals surface area contributed by atoms with Crippen LogP contribution < -0.4 is 0 Å². The van der Waals surface area contributed by atoms with Crippen LogP contribution in [0.1, 0.15) is 46.0 Å². The lowest BCUT2D eigenvalue weighted by Crippen LogP contribution is -2.53. The molecule has 7 atom stereocenters. The molecule has 0 aromatic rings. The number of aliphatic hydroxyl groups excluding tert-OH is 2. The second-order valence-corrected chi connectivity index (χ2v) is 8.38. The second kappa shape index (κ2) is 4.55. The molecule has 22 heavy (non-hydrogen) atoms. The summed E-state index contributed by atoms with van der Waals surface area (Å²) >= 11 is 0. The second-order valence-electron chi connectivity index (χ2n) is 8.38. The van der Waals surface area contributed by atoms with Crippen LogP contribution in [0.5, 0.6) is 0 Å². The number of hydrogen-bond acceptors (Lipinski definition) is 3. The normalized spacial score (nSPS) is 53.5. The molecule has 2 N–H and O–H groups in total. The van der Waals surface area contributed by atoms with Crippen molar-refractivity contribution in [1.29, 1.82) is 0 Å². The van der Waals surface area contributed by atoms with Gasteiger partial charge in [-0.15, -0.1) is 0 Å². The molecule has 4 aliphatic rings. The van der Waals surface area contributed by atoms with Crippen molar-refractivity contribution < 1.29 is 15.0 Å². The Kier molecular flexibility index (Phi) is 3.03. The summed E-state index contributed by atoms with van der Waals surface area (Å²) in [5.74, 6) is 1.43. The highest BCUT2D eigenvalue weighted by Gasteiger charge is 2.59. The van der Waals surface area contributed by atoms with Gasteiger partial charge in [-0.25, -0.2) is 0 Å². The van der Waals surface area contributed by atoms with Gasteiger partial charge in [0, 0.05) is 5.41 Å². The third kappa shape index (κ3) is 1.73. The van der Waals surface area contributed by atoms with Crippen molar-refractivity contribution >= 4 is 5.78 Å². The maximum absolute atomic E-state index is 11.7. The van der Waals surface area contributed by atoms with Gasteiger partial charge < -0.3 is 10.2 Å². The van der Waals surface area contributed by atoms with Gasteiger partial charge in [0.15, 0.2) is 5.78 Å². The minimum atomic E-state index is -0.514. The van der Waals surface area contributed by atoms with Gasteiger partial charge in [-0.1, -0.05) is 19.9 Å². The van der Waals surface area contributed by atoms with E-state index in [1.165, 1.54) is 0 Å². The Morgan fingerprint density at radius 1 is 1.14 bits per heavy atom. The van der Waals surface area contributed by atoms with Crippen molar-refractivity contribution in [2.75, 3.05) is 0 Å². The molecule has 3 heteroatoms. The van der Waals surface area contributed by atoms with Crippen LogP contribution in [0.2, 0.25) is 0 Å². The quantitative estimate of drug-likeness (QED) is 0.723. The molecule has 0 aromatic carbocycles. The number of ketones is 1. The van der Waals surface area contributed by atoms with Gasteiger partial charge in [0.1, 0.15) is 0 Å². The van der Waals surface area contributed by atoms with Crippen molar-refractivity contribution in [3.05, 3.63) is 23.8 Å². The van der Waals surface area contributed by atoms with Gasteiger partial charge >= 0.3 is 0 Å². The van der Waals surface area contributed by atoms with Crippen LogP contribution in [0.4, 0.5) is 0 Å². The minimum Gasteiger partial charge on any atom is -0.393 e. The fourth-order valence-electron chi connectivity index (χ4n) is 6.22. The molecule has 0 bridgehead atoms. The Balaban J connectivity index is 1.74. The predicted molar refractivity (Wildman–Crippen MR) is 84.0 cm³/mol. The van der Waals surface area contributed by atoms with E-state index in [1.54, 1.807) is 12.2 Å². The number of allylic oxidation sites excluding steroid dienone is 3. The van der Waals surface area contributed by atoms with Crippen molar-refractivity contribution in [3.8, 4) is 0 Å². The number of carbonyl (C=O) groups is 1. The van der Waals surface area contributed by atoms with Gasteiger partial charge in [0.2, 0.25) is 0 Å². The predicted octanol–water partition coefficient (Wildman–Crippen LogP) is 2.63. The molecule has 0 spiro atoms. The van der Waals surface area contributed by atoms with Crippen molar-refractivity contribution in [1.82, 2.24) is 0 Å². The largest absolute Gasteiger partial charge is 0.393 e. The molecule has 3 fully saturated rings. The molecule has 0 radical (unpaired) electrons. The van der Waals surface area contributed by atoms with E-state index in [-0.39, 0.29) is 22.7 Å². The summed E-state index contributed by atoms with van der Waals surface area (Å²) in [6, 6.07) is 0. The summed E-state index contributed by atoms with van der Waals surface area (Å²) < 4.78 is 0. The molecule has 120 valence electrons. The lowest BCUT2D eigenvalue weighted by Gasteiger charge is -2.57. The van der Waals surface area contributed by atoms with Crippen molar-refractivity contribution in [2.45, 2.75) is 58.2 Å². The topological polar surface area (TPSA) is 57.5 Å². The average Bonchev–Trinajstić information content (AvgIpc) is 2.77. The Morgan fingerprint density at radius 2 is 1.91 bits per heavy atom. The van der Waals surface area contributed by atoms with E-state index in [4.69, 9.17) is 0 Å². The number of fused-ring (bicyclic) bond motifs is 5. The van der Waals surface area contributed by atoms with Crippen LogP contribution in [0, 0.1) is 28.6 Å². The van der Waals surface area contributed by atoms with E-state index in [0.717, 1.165) is 37.7 Å². The van der Waals surface area contributed by atoms with Crippen LogP contribution in [-0.2, 0) is 4.79 Å². The fraction of sp³-hybridized carbons (Fsp3) is 0.737. The van der Waals surface area contributed by atoms with Gasteiger partial charge in [-0.05, 0) is 73.0 Å². The molecule has 0 aliphatic heterocycles. The molecule has 3 saturated carbocycles. The van der Waals surface area contributed by atoms with E-state index in [1.807, 2.05) is 6.08 Å². The van der Waals surface area contributed by atoms with E-state index in [0.29, 0.717) is 17.8 Å². The van der Waals surface area contributed by atoms with Crippen LogP contribution in [0.25, 0.3) is 0 Å². The van der Waals surface area contributed by atoms with Gasteiger partial charge in [-0.2, -0.15) is 0 Å². The Morgan fingerprint density at radius 3 is 2.68 bits per heavy atom. The van der Waals surface area contributed by atoms with E-state index < -0.39 is 6.10 Å². The molecule has 0 amide bonds. The monoisotopic (exact) mass is 302 g/mol. The molecule has 0 aromatic heterocycles. The smallest absolute Gasteiger partial charge is 0.178 e. The standard InChI is InChI=1S/C19H26O3/c1-18-7-5-11(20)9-15(18)16(21)10-12-13-3-4-17(22)19(13,2)8-6-14(12)18/h5,7,9,12-14,16-17,21-22H,3-4,6,8,10H2,1-2H3/t12-,13-,14+,16+,17-,18+,19-/m0/s1.